The second kappa shape index (κ2) is 8.12. The molecule has 0 unspecified atom stereocenters. The van der Waals surface area contributed by atoms with Gasteiger partial charge in [0.25, 0.3) is 5.92 Å². The van der Waals surface area contributed by atoms with Crippen molar-refractivity contribution in [2.45, 2.75) is 63.8 Å². The highest BCUT2D eigenvalue weighted by molar-refractivity contribution is 5.88. The zero-order chi connectivity index (χ0) is 24.1. The molecule has 12 heteroatoms. The maximum Gasteiger partial charge on any atom is 0.320 e. The van der Waals surface area contributed by atoms with Crippen LogP contribution in [-0.4, -0.2) is 62.1 Å². The highest BCUT2D eigenvalue weighted by atomic mass is 19.3. The maximum atomic E-state index is 13.9. The van der Waals surface area contributed by atoms with Crippen LogP contribution in [0.5, 0.6) is 0 Å². The van der Waals surface area contributed by atoms with E-state index in [2.05, 4.69) is 25.7 Å². The van der Waals surface area contributed by atoms with Crippen molar-refractivity contribution in [1.29, 1.82) is 0 Å². The number of carbonyl (C=O) groups is 1. The lowest BCUT2D eigenvalue weighted by Gasteiger charge is -2.31. The number of halogens is 2. The first-order chi connectivity index (χ1) is 16.0. The van der Waals surface area contributed by atoms with Crippen LogP contribution in [-0.2, 0) is 17.8 Å². The van der Waals surface area contributed by atoms with Crippen LogP contribution in [0, 0.1) is 5.41 Å². The summed E-state index contributed by atoms with van der Waals surface area (Å²) >= 11 is 0. The van der Waals surface area contributed by atoms with Gasteiger partial charge in [-0.05, 0) is 32.8 Å². The second-order valence-corrected chi connectivity index (χ2v) is 10.0. The number of aromatic nitrogens is 4. The van der Waals surface area contributed by atoms with Crippen molar-refractivity contribution in [2.24, 2.45) is 5.41 Å². The number of aliphatic hydroxyl groups is 1. The number of carbonyl (C=O) groups excluding carboxylic acids is 1. The minimum Gasteiger partial charge on any atom is -0.389 e. The Balaban J connectivity index is 1.24. The van der Waals surface area contributed by atoms with E-state index in [1.54, 1.807) is 32.2 Å². The van der Waals surface area contributed by atoms with Gasteiger partial charge in [-0.15, -0.1) is 0 Å². The number of anilines is 2. The molecule has 34 heavy (non-hydrogen) atoms. The van der Waals surface area contributed by atoms with Crippen molar-refractivity contribution < 1.29 is 23.4 Å². The number of amides is 2. The number of alkyl halides is 2. The Morgan fingerprint density at radius 3 is 2.91 bits per heavy atom. The normalized spacial score (nSPS) is 25.7. The number of nitrogens with zero attached hydrogens (tertiary/aromatic N) is 5. The van der Waals surface area contributed by atoms with E-state index in [1.807, 2.05) is 9.58 Å². The van der Waals surface area contributed by atoms with Crippen LogP contribution in [0.1, 0.15) is 50.6 Å². The summed E-state index contributed by atoms with van der Waals surface area (Å²) in [6, 6.07) is 3.07. The summed E-state index contributed by atoms with van der Waals surface area (Å²) in [6.45, 7) is 5.29. The smallest absolute Gasteiger partial charge is 0.320 e. The van der Waals surface area contributed by atoms with Gasteiger partial charge in [0.2, 0.25) is 5.95 Å². The van der Waals surface area contributed by atoms with Gasteiger partial charge in [0.1, 0.15) is 6.10 Å². The van der Waals surface area contributed by atoms with Crippen LogP contribution in [0.15, 0.2) is 18.3 Å². The Bertz CT molecular complexity index is 1090. The van der Waals surface area contributed by atoms with Gasteiger partial charge in [-0.3, -0.25) is 10.00 Å². The van der Waals surface area contributed by atoms with Crippen molar-refractivity contribution in [3.05, 3.63) is 29.7 Å². The van der Waals surface area contributed by atoms with E-state index in [1.165, 1.54) is 0 Å². The first kappa shape index (κ1) is 22.9. The number of nitrogens with one attached hydrogen (secondary N) is 2. The molecule has 2 aliphatic heterocycles. The molecule has 10 nitrogen and oxygen atoms in total. The monoisotopic (exact) mass is 477 g/mol. The molecule has 184 valence electrons. The Labute approximate surface area is 195 Å². The standard InChI is InChI=1S/C22H29F2N7O3/c1-20(2,33)13-26-19(32)28-17-9-14-11-30(6-7-31(14)29-17)18-25-5-3-15(27-18)16-10-21(4-8-34-16)12-22(21,23)24/h3,5,9,16,33H,4,6-8,10-13H2,1-2H3,(H2,26,28,29,32)/t16-,21-/m0/s1. The molecular weight excluding hydrogens is 448 g/mol. The van der Waals surface area contributed by atoms with Crippen molar-refractivity contribution >= 4 is 17.8 Å². The van der Waals surface area contributed by atoms with Crippen molar-refractivity contribution in [3.8, 4) is 0 Å². The topological polar surface area (TPSA) is 117 Å². The molecule has 3 N–H and O–H groups in total. The van der Waals surface area contributed by atoms with E-state index in [9.17, 15) is 18.7 Å². The van der Waals surface area contributed by atoms with E-state index in [0.717, 1.165) is 5.69 Å². The van der Waals surface area contributed by atoms with E-state index in [-0.39, 0.29) is 19.4 Å². The van der Waals surface area contributed by atoms with Crippen LogP contribution in [0.2, 0.25) is 0 Å². The molecule has 0 bridgehead atoms. The lowest BCUT2D eigenvalue weighted by atomic mass is 9.90. The highest BCUT2D eigenvalue weighted by Crippen LogP contribution is 2.67. The van der Waals surface area contributed by atoms with Gasteiger partial charge >= 0.3 is 6.03 Å². The van der Waals surface area contributed by atoms with Gasteiger partial charge in [-0.2, -0.15) is 5.10 Å². The molecule has 2 aromatic heterocycles. The van der Waals surface area contributed by atoms with E-state index in [0.29, 0.717) is 50.1 Å². The first-order valence-electron chi connectivity index (χ1n) is 11.4. The quantitative estimate of drug-likeness (QED) is 0.606. The molecule has 3 aliphatic rings. The molecule has 2 atom stereocenters. The molecular formula is C22H29F2N7O3. The molecule has 5 rings (SSSR count). The summed E-state index contributed by atoms with van der Waals surface area (Å²) < 4.78 is 35.4. The van der Waals surface area contributed by atoms with Crippen LogP contribution in [0.3, 0.4) is 0 Å². The van der Waals surface area contributed by atoms with Crippen molar-refractivity contribution in [2.75, 3.05) is 29.9 Å². The SMILES string of the molecule is CC(C)(O)CNC(=O)Nc1cc2n(n1)CCN(c1nccc([C@@H]3C[C@@]4(CCO3)CC4(F)F)n1)C2. The predicted octanol–water partition coefficient (Wildman–Crippen LogP) is 2.46. The largest absolute Gasteiger partial charge is 0.389 e. The Kier molecular flexibility index (Phi) is 5.47. The lowest BCUT2D eigenvalue weighted by Crippen LogP contribution is -2.40. The average Bonchev–Trinajstić information content (AvgIpc) is 3.10. The van der Waals surface area contributed by atoms with Gasteiger partial charge < -0.3 is 20.1 Å². The van der Waals surface area contributed by atoms with Gasteiger partial charge in [-0.1, -0.05) is 0 Å². The van der Waals surface area contributed by atoms with Crippen LogP contribution in [0.25, 0.3) is 0 Å². The minimum atomic E-state index is -2.60. The summed E-state index contributed by atoms with van der Waals surface area (Å²) in [7, 11) is 0. The minimum absolute atomic E-state index is 0.0694. The molecule has 1 saturated heterocycles. The highest BCUT2D eigenvalue weighted by Gasteiger charge is 2.71. The number of hydrogen-bond donors (Lipinski definition) is 3. The summed E-state index contributed by atoms with van der Waals surface area (Å²) in [4.78, 5) is 23.1. The van der Waals surface area contributed by atoms with Gasteiger partial charge in [0, 0.05) is 43.8 Å². The number of hydrogen-bond acceptors (Lipinski definition) is 7. The predicted molar refractivity (Wildman–Crippen MR) is 119 cm³/mol. The lowest BCUT2D eigenvalue weighted by molar-refractivity contribution is -0.0574. The molecule has 0 aromatic carbocycles. The van der Waals surface area contributed by atoms with E-state index >= 15 is 0 Å². The molecule has 2 fully saturated rings. The van der Waals surface area contributed by atoms with Gasteiger partial charge in [-0.25, -0.2) is 23.5 Å². The summed E-state index contributed by atoms with van der Waals surface area (Å²) in [5.74, 6) is -1.69. The van der Waals surface area contributed by atoms with Crippen LogP contribution >= 0.6 is 0 Å². The molecule has 1 spiro atoms. The fourth-order valence-corrected chi connectivity index (χ4v) is 4.62. The molecule has 0 radical (unpaired) electrons. The third kappa shape index (κ3) is 4.56. The third-order valence-electron chi connectivity index (χ3n) is 6.69. The Hall–Kier alpha value is -2.86. The number of urea groups is 1. The third-order valence-corrected chi connectivity index (χ3v) is 6.69. The summed E-state index contributed by atoms with van der Waals surface area (Å²) in [5.41, 5.74) is -0.454. The summed E-state index contributed by atoms with van der Waals surface area (Å²) in [6.07, 6.45) is 1.77. The fraction of sp³-hybridized carbons (Fsp3) is 0.636. The zero-order valence-electron chi connectivity index (χ0n) is 19.2. The van der Waals surface area contributed by atoms with E-state index in [4.69, 9.17) is 4.74 Å². The molecule has 1 saturated carbocycles. The van der Waals surface area contributed by atoms with Crippen molar-refractivity contribution in [3.63, 3.8) is 0 Å². The van der Waals surface area contributed by atoms with Crippen LogP contribution in [0.4, 0.5) is 25.3 Å². The zero-order valence-corrected chi connectivity index (χ0v) is 19.2. The van der Waals surface area contributed by atoms with E-state index < -0.39 is 29.1 Å². The maximum absolute atomic E-state index is 13.9. The number of ether oxygens (including phenoxy) is 1. The first-order valence-corrected chi connectivity index (χ1v) is 11.4. The number of fused-ring (bicyclic) bond motifs is 1. The van der Waals surface area contributed by atoms with Crippen molar-refractivity contribution in [1.82, 2.24) is 25.1 Å². The Morgan fingerprint density at radius 2 is 2.18 bits per heavy atom. The average molecular weight is 478 g/mol. The molecule has 1 aliphatic carbocycles. The summed E-state index contributed by atoms with van der Waals surface area (Å²) in [5, 5.41) is 19.4. The van der Waals surface area contributed by atoms with Gasteiger partial charge in [0.05, 0.1) is 30.1 Å². The van der Waals surface area contributed by atoms with Gasteiger partial charge in [0.15, 0.2) is 5.82 Å². The molecule has 4 heterocycles. The number of rotatable bonds is 5. The van der Waals surface area contributed by atoms with Crippen LogP contribution < -0.4 is 15.5 Å². The second-order valence-electron chi connectivity index (χ2n) is 10.0. The Morgan fingerprint density at radius 1 is 1.38 bits per heavy atom. The molecule has 2 amide bonds. The fourth-order valence-electron chi connectivity index (χ4n) is 4.62. The molecule has 2 aromatic rings.